The number of piperazine rings is 1. The molecule has 2 amide bonds. The number of hydrogen-bond donors (Lipinski definition) is 0. The Labute approximate surface area is 282 Å². The Balaban J connectivity index is 1.06. The molecule has 0 spiro atoms. The van der Waals surface area contributed by atoms with Crippen molar-refractivity contribution >= 4 is 28.4 Å². The molecule has 0 radical (unpaired) electrons. The molecular weight excluding hydrogens is 635 g/mol. The average molecular weight is 672 g/mol. The van der Waals surface area contributed by atoms with E-state index in [0.717, 1.165) is 60.4 Å². The summed E-state index contributed by atoms with van der Waals surface area (Å²) in [7, 11) is 5.08. The summed E-state index contributed by atoms with van der Waals surface area (Å²) in [5.74, 6) is 0.317. The van der Waals surface area contributed by atoms with Crippen molar-refractivity contribution in [3.63, 3.8) is 0 Å². The van der Waals surface area contributed by atoms with Crippen LogP contribution in [0.1, 0.15) is 37.5 Å². The number of pyridine rings is 1. The Morgan fingerprint density at radius 2 is 1.57 bits per heavy atom. The van der Waals surface area contributed by atoms with Crippen LogP contribution in [-0.2, 0) is 31.1 Å². The van der Waals surface area contributed by atoms with Crippen LogP contribution >= 0.6 is 0 Å². The molecule has 1 aliphatic rings. The lowest BCUT2D eigenvalue weighted by Gasteiger charge is -2.34. The van der Waals surface area contributed by atoms with Gasteiger partial charge in [0.15, 0.2) is 0 Å². The molecule has 1 saturated heterocycles. The number of benzene rings is 3. The molecule has 6 rings (SSSR count). The molecule has 0 aliphatic carbocycles. The van der Waals surface area contributed by atoms with Gasteiger partial charge >= 0.3 is 6.18 Å². The van der Waals surface area contributed by atoms with Gasteiger partial charge < -0.3 is 23.8 Å². The number of halogens is 3. The molecular formula is C37H36F3N5O4. The number of methoxy groups -OCH3 is 1. The van der Waals surface area contributed by atoms with Crippen molar-refractivity contribution in [3.8, 4) is 11.6 Å². The number of carbonyl (C=O) groups is 2. The van der Waals surface area contributed by atoms with E-state index < -0.39 is 17.6 Å². The predicted molar refractivity (Wildman–Crippen MR) is 180 cm³/mol. The van der Waals surface area contributed by atoms with E-state index in [2.05, 4.69) is 34.1 Å². The molecule has 0 bridgehead atoms. The first-order valence-electron chi connectivity index (χ1n) is 15.8. The van der Waals surface area contributed by atoms with Crippen LogP contribution in [0.3, 0.4) is 0 Å². The first-order valence-corrected chi connectivity index (χ1v) is 15.8. The highest BCUT2D eigenvalue weighted by atomic mass is 19.4. The molecule has 12 heteroatoms. The maximum Gasteiger partial charge on any atom is 0.416 e. The standard InChI is InChI=1S/C37H36F3N5O4/c1-42(35(46)27-8-10-29(11-9-27)37(38,39)40)30-12-15-34(41-22-30)49-31-13-14-32-28(20-31)21-33(43(32)2)36(47)45-18-16-44(17-19-45)23-25-4-6-26(7-5-25)24-48-3/h4-15,20-22H,16-19,23-24H2,1-3H3. The Kier molecular flexibility index (Phi) is 9.70. The summed E-state index contributed by atoms with van der Waals surface area (Å²) in [6.07, 6.45) is -3.03. The Bertz CT molecular complexity index is 1930. The van der Waals surface area contributed by atoms with E-state index >= 15 is 0 Å². The highest BCUT2D eigenvalue weighted by Crippen LogP contribution is 2.30. The van der Waals surface area contributed by atoms with Crippen LogP contribution < -0.4 is 9.64 Å². The lowest BCUT2D eigenvalue weighted by atomic mass is 10.1. The SMILES string of the molecule is COCc1ccc(CN2CCN(C(=O)c3cc4cc(Oc5ccc(N(C)C(=O)c6ccc(C(F)(F)F)cc6)cn5)ccc4n3C)CC2)cc1. The number of fused-ring (bicyclic) bond motifs is 1. The number of carbonyl (C=O) groups excluding carboxylic acids is 2. The molecule has 3 aromatic carbocycles. The molecule has 2 aromatic heterocycles. The van der Waals surface area contributed by atoms with Gasteiger partial charge in [-0.05, 0) is 65.7 Å². The maximum atomic E-state index is 13.6. The van der Waals surface area contributed by atoms with E-state index in [1.807, 2.05) is 34.7 Å². The molecule has 254 valence electrons. The summed E-state index contributed by atoms with van der Waals surface area (Å²) in [6, 6.07) is 23.1. The smallest absolute Gasteiger partial charge is 0.416 e. The fourth-order valence-electron chi connectivity index (χ4n) is 5.90. The highest BCUT2D eigenvalue weighted by molar-refractivity contribution is 6.05. The first kappa shape index (κ1) is 33.7. The highest BCUT2D eigenvalue weighted by Gasteiger charge is 2.30. The zero-order valence-electron chi connectivity index (χ0n) is 27.4. The number of amides is 2. The number of alkyl halides is 3. The normalized spacial score (nSPS) is 13.9. The van der Waals surface area contributed by atoms with Gasteiger partial charge in [-0.25, -0.2) is 4.98 Å². The van der Waals surface area contributed by atoms with E-state index in [1.54, 1.807) is 25.3 Å². The lowest BCUT2D eigenvalue weighted by molar-refractivity contribution is -0.137. The number of aryl methyl sites for hydroxylation is 1. The van der Waals surface area contributed by atoms with Crippen molar-refractivity contribution in [3.05, 3.63) is 119 Å². The molecule has 0 saturated carbocycles. The summed E-state index contributed by atoms with van der Waals surface area (Å²) >= 11 is 0. The number of anilines is 1. The summed E-state index contributed by atoms with van der Waals surface area (Å²) in [5, 5.41) is 0.845. The molecule has 1 fully saturated rings. The summed E-state index contributed by atoms with van der Waals surface area (Å²) in [4.78, 5) is 36.3. The van der Waals surface area contributed by atoms with E-state index in [1.165, 1.54) is 23.7 Å². The predicted octanol–water partition coefficient (Wildman–Crippen LogP) is 6.77. The average Bonchev–Trinajstić information content (AvgIpc) is 3.43. The summed E-state index contributed by atoms with van der Waals surface area (Å²) in [6.45, 7) is 4.29. The van der Waals surface area contributed by atoms with Crippen LogP contribution in [0.2, 0.25) is 0 Å². The van der Waals surface area contributed by atoms with Gasteiger partial charge in [-0.15, -0.1) is 0 Å². The van der Waals surface area contributed by atoms with E-state index in [-0.39, 0.29) is 17.4 Å². The number of ether oxygens (including phenoxy) is 2. The third kappa shape index (κ3) is 7.60. The molecule has 5 aromatic rings. The second-order valence-electron chi connectivity index (χ2n) is 12.0. The van der Waals surface area contributed by atoms with Gasteiger partial charge in [0.05, 0.1) is 24.1 Å². The van der Waals surface area contributed by atoms with Crippen molar-refractivity contribution in [2.45, 2.75) is 19.3 Å². The molecule has 0 unspecified atom stereocenters. The van der Waals surface area contributed by atoms with Crippen LogP contribution in [0.5, 0.6) is 11.6 Å². The fraction of sp³-hybridized carbons (Fsp3) is 0.270. The fourth-order valence-corrected chi connectivity index (χ4v) is 5.90. The molecule has 49 heavy (non-hydrogen) atoms. The molecule has 0 N–H and O–H groups in total. The van der Waals surface area contributed by atoms with Gasteiger partial charge in [0, 0.05) is 76.5 Å². The van der Waals surface area contributed by atoms with E-state index in [4.69, 9.17) is 9.47 Å². The van der Waals surface area contributed by atoms with Crippen molar-refractivity contribution in [2.75, 3.05) is 45.2 Å². The van der Waals surface area contributed by atoms with Crippen LogP contribution in [0.4, 0.5) is 18.9 Å². The second-order valence-corrected chi connectivity index (χ2v) is 12.0. The zero-order chi connectivity index (χ0) is 34.7. The minimum Gasteiger partial charge on any atom is -0.439 e. The van der Waals surface area contributed by atoms with E-state index in [0.29, 0.717) is 36.8 Å². The third-order valence-electron chi connectivity index (χ3n) is 8.73. The van der Waals surface area contributed by atoms with Gasteiger partial charge in [0.1, 0.15) is 11.4 Å². The summed E-state index contributed by atoms with van der Waals surface area (Å²) < 4.78 is 51.7. The number of rotatable bonds is 9. The molecule has 3 heterocycles. The molecule has 9 nitrogen and oxygen atoms in total. The third-order valence-corrected chi connectivity index (χ3v) is 8.73. The van der Waals surface area contributed by atoms with Crippen LogP contribution in [0, 0.1) is 0 Å². The monoisotopic (exact) mass is 671 g/mol. The van der Waals surface area contributed by atoms with Crippen molar-refractivity contribution in [2.24, 2.45) is 7.05 Å². The van der Waals surface area contributed by atoms with Gasteiger partial charge in [0.2, 0.25) is 5.88 Å². The van der Waals surface area contributed by atoms with Gasteiger partial charge in [-0.1, -0.05) is 24.3 Å². The largest absolute Gasteiger partial charge is 0.439 e. The van der Waals surface area contributed by atoms with Gasteiger partial charge in [-0.2, -0.15) is 13.2 Å². The van der Waals surface area contributed by atoms with Crippen LogP contribution in [0.25, 0.3) is 10.9 Å². The number of aromatic nitrogens is 2. The van der Waals surface area contributed by atoms with Gasteiger partial charge in [-0.3, -0.25) is 14.5 Å². The Hall–Kier alpha value is -5.20. The maximum absolute atomic E-state index is 13.6. The first-order chi connectivity index (χ1) is 23.5. The minimum absolute atomic E-state index is 0.0167. The summed E-state index contributed by atoms with van der Waals surface area (Å²) in [5.41, 5.74) is 3.59. The van der Waals surface area contributed by atoms with Crippen molar-refractivity contribution < 1.29 is 32.2 Å². The van der Waals surface area contributed by atoms with Crippen molar-refractivity contribution in [1.29, 1.82) is 0 Å². The minimum atomic E-state index is -4.48. The Morgan fingerprint density at radius 3 is 2.20 bits per heavy atom. The van der Waals surface area contributed by atoms with Crippen LogP contribution in [0.15, 0.2) is 91.1 Å². The Morgan fingerprint density at radius 1 is 0.878 bits per heavy atom. The molecule has 1 aliphatic heterocycles. The topological polar surface area (TPSA) is 80.1 Å². The lowest BCUT2D eigenvalue weighted by Crippen LogP contribution is -2.48. The van der Waals surface area contributed by atoms with Crippen LogP contribution in [-0.4, -0.2) is 71.5 Å². The van der Waals surface area contributed by atoms with Crippen molar-refractivity contribution in [1.82, 2.24) is 19.4 Å². The molecule has 0 atom stereocenters. The number of nitrogens with zero attached hydrogens (tertiary/aromatic N) is 5. The zero-order valence-corrected chi connectivity index (χ0v) is 27.4. The van der Waals surface area contributed by atoms with Gasteiger partial charge in [0.25, 0.3) is 11.8 Å². The van der Waals surface area contributed by atoms with E-state index in [9.17, 15) is 22.8 Å². The number of hydrogen-bond acceptors (Lipinski definition) is 6. The second kappa shape index (κ2) is 14.1. The quantitative estimate of drug-likeness (QED) is 0.172.